The lowest BCUT2D eigenvalue weighted by molar-refractivity contribution is -0.116. The topological polar surface area (TPSA) is 69.0 Å². The first-order chi connectivity index (χ1) is 14.1. The minimum Gasteiger partial charge on any atom is -0.490 e. The van der Waals surface area contributed by atoms with Crippen LogP contribution in [-0.2, 0) is 11.2 Å². The molecule has 2 heterocycles. The maximum atomic E-state index is 12.4. The summed E-state index contributed by atoms with van der Waals surface area (Å²) in [6.45, 7) is 4.13. The molecular formula is C23H28N4O2. The molecular weight excluding hydrogens is 364 g/mol. The number of fused-ring (bicyclic) bond motifs is 1. The highest BCUT2D eigenvalue weighted by Gasteiger charge is 2.16. The third-order valence-electron chi connectivity index (χ3n) is 5.35. The fraction of sp³-hybridized carbons (Fsp3) is 0.435. The van der Waals surface area contributed by atoms with Gasteiger partial charge in [0.25, 0.3) is 0 Å². The van der Waals surface area contributed by atoms with Crippen molar-refractivity contribution in [3.63, 3.8) is 0 Å². The summed E-state index contributed by atoms with van der Waals surface area (Å²) in [5.41, 5.74) is 2.64. The molecule has 1 aliphatic carbocycles. The molecule has 6 nitrogen and oxygen atoms in total. The van der Waals surface area contributed by atoms with E-state index in [4.69, 9.17) is 4.74 Å². The van der Waals surface area contributed by atoms with E-state index in [1.54, 1.807) is 12.4 Å². The molecule has 0 unspecified atom stereocenters. The van der Waals surface area contributed by atoms with Crippen LogP contribution in [0.25, 0.3) is 11.0 Å². The van der Waals surface area contributed by atoms with Crippen LogP contribution in [0.2, 0.25) is 0 Å². The lowest BCUT2D eigenvalue weighted by Gasteiger charge is -2.13. The summed E-state index contributed by atoms with van der Waals surface area (Å²) >= 11 is 0. The van der Waals surface area contributed by atoms with E-state index < -0.39 is 0 Å². The fourth-order valence-corrected chi connectivity index (χ4v) is 3.84. The van der Waals surface area contributed by atoms with E-state index >= 15 is 0 Å². The molecule has 1 aliphatic rings. The first-order valence-corrected chi connectivity index (χ1v) is 10.5. The largest absolute Gasteiger partial charge is 0.490 e. The fourth-order valence-electron chi connectivity index (χ4n) is 3.84. The molecule has 4 rings (SSSR count). The summed E-state index contributed by atoms with van der Waals surface area (Å²) in [6, 6.07) is 10.3. The second-order valence-corrected chi connectivity index (χ2v) is 8.04. The van der Waals surface area contributed by atoms with Crippen LogP contribution < -0.4 is 10.1 Å². The summed E-state index contributed by atoms with van der Waals surface area (Å²) in [7, 11) is 0. The number of ether oxygens (including phenoxy) is 1. The molecule has 3 aromatic rings. The SMILES string of the molecule is CC(C)n1ncc2cc(NC(=O)CCc3cccc(OC4CCCC4)c3)cnc21. The van der Waals surface area contributed by atoms with Gasteiger partial charge in [0.05, 0.1) is 24.2 Å². The van der Waals surface area contributed by atoms with Gasteiger partial charge in [0, 0.05) is 17.8 Å². The zero-order valence-corrected chi connectivity index (χ0v) is 17.1. The number of rotatable bonds is 7. The Kier molecular flexibility index (Phi) is 5.79. The van der Waals surface area contributed by atoms with E-state index in [-0.39, 0.29) is 11.9 Å². The number of anilines is 1. The van der Waals surface area contributed by atoms with E-state index in [1.807, 2.05) is 28.9 Å². The van der Waals surface area contributed by atoms with Crippen LogP contribution in [0.5, 0.6) is 5.75 Å². The summed E-state index contributed by atoms with van der Waals surface area (Å²) in [4.78, 5) is 16.9. The van der Waals surface area contributed by atoms with Crippen LogP contribution in [0.3, 0.4) is 0 Å². The maximum absolute atomic E-state index is 12.4. The average molecular weight is 393 g/mol. The number of hydrogen-bond donors (Lipinski definition) is 1. The number of nitrogens with zero attached hydrogens (tertiary/aromatic N) is 3. The van der Waals surface area contributed by atoms with Gasteiger partial charge in [-0.05, 0) is 69.7 Å². The van der Waals surface area contributed by atoms with Crippen molar-refractivity contribution in [3.05, 3.63) is 48.3 Å². The lowest BCUT2D eigenvalue weighted by Crippen LogP contribution is -2.13. The summed E-state index contributed by atoms with van der Waals surface area (Å²) < 4.78 is 7.94. The van der Waals surface area contributed by atoms with Crippen molar-refractivity contribution < 1.29 is 9.53 Å². The van der Waals surface area contributed by atoms with Crippen molar-refractivity contribution in [3.8, 4) is 5.75 Å². The van der Waals surface area contributed by atoms with E-state index in [9.17, 15) is 4.79 Å². The minimum absolute atomic E-state index is 0.0236. The van der Waals surface area contributed by atoms with Gasteiger partial charge in [-0.15, -0.1) is 0 Å². The van der Waals surface area contributed by atoms with Crippen LogP contribution in [0, 0.1) is 0 Å². The zero-order valence-electron chi connectivity index (χ0n) is 17.1. The molecule has 1 N–H and O–H groups in total. The molecule has 152 valence electrons. The van der Waals surface area contributed by atoms with Crippen molar-refractivity contribution >= 4 is 22.6 Å². The van der Waals surface area contributed by atoms with Crippen LogP contribution in [0.4, 0.5) is 5.69 Å². The highest BCUT2D eigenvalue weighted by atomic mass is 16.5. The normalized spacial score (nSPS) is 14.6. The summed E-state index contributed by atoms with van der Waals surface area (Å²) in [5, 5.41) is 8.24. The van der Waals surface area contributed by atoms with Crippen LogP contribution in [-0.4, -0.2) is 26.8 Å². The quantitative estimate of drug-likeness (QED) is 0.621. The first-order valence-electron chi connectivity index (χ1n) is 10.5. The van der Waals surface area contributed by atoms with Crippen molar-refractivity contribution in [2.75, 3.05) is 5.32 Å². The first kappa shape index (κ1) is 19.4. The Hall–Kier alpha value is -2.89. The Bertz CT molecular complexity index is 989. The molecule has 1 aromatic carbocycles. The predicted octanol–water partition coefficient (Wildman–Crippen LogP) is 4.90. The minimum atomic E-state index is -0.0236. The number of carbonyl (C=O) groups excluding carboxylic acids is 1. The van der Waals surface area contributed by atoms with Crippen LogP contribution in [0.1, 0.15) is 57.6 Å². The second-order valence-electron chi connectivity index (χ2n) is 8.04. The number of aryl methyl sites for hydroxylation is 1. The molecule has 6 heteroatoms. The number of hydrogen-bond acceptors (Lipinski definition) is 4. The highest BCUT2D eigenvalue weighted by Crippen LogP contribution is 2.25. The number of benzene rings is 1. The Balaban J connectivity index is 1.33. The van der Waals surface area contributed by atoms with Gasteiger partial charge < -0.3 is 10.1 Å². The molecule has 2 aromatic heterocycles. The summed E-state index contributed by atoms with van der Waals surface area (Å²) in [6.07, 6.45) is 9.70. The molecule has 29 heavy (non-hydrogen) atoms. The van der Waals surface area contributed by atoms with E-state index in [2.05, 4.69) is 35.3 Å². The van der Waals surface area contributed by atoms with Gasteiger partial charge >= 0.3 is 0 Å². The van der Waals surface area contributed by atoms with Crippen molar-refractivity contribution in [2.45, 2.75) is 64.5 Å². The number of amides is 1. The zero-order chi connectivity index (χ0) is 20.2. The van der Waals surface area contributed by atoms with E-state index in [1.165, 1.54) is 12.8 Å². The van der Waals surface area contributed by atoms with Crippen LogP contribution in [0.15, 0.2) is 42.7 Å². The van der Waals surface area contributed by atoms with Gasteiger partial charge in [-0.25, -0.2) is 9.67 Å². The third-order valence-corrected chi connectivity index (χ3v) is 5.35. The Morgan fingerprint density at radius 3 is 2.86 bits per heavy atom. The summed E-state index contributed by atoms with van der Waals surface area (Å²) in [5.74, 6) is 0.885. The average Bonchev–Trinajstić information content (AvgIpc) is 3.36. The number of carbonyl (C=O) groups is 1. The molecule has 0 bridgehead atoms. The molecule has 1 saturated carbocycles. The van der Waals surface area contributed by atoms with Gasteiger partial charge in [-0.1, -0.05) is 12.1 Å². The highest BCUT2D eigenvalue weighted by molar-refractivity contribution is 5.92. The lowest BCUT2D eigenvalue weighted by atomic mass is 10.1. The number of pyridine rings is 1. The Labute approximate surface area is 171 Å². The number of aromatic nitrogens is 3. The standard InChI is InChI=1S/C23H28N4O2/c1-16(2)27-23-18(14-25-27)13-19(15-24-23)26-22(28)11-10-17-6-5-9-21(12-17)29-20-7-3-4-8-20/h5-6,9,12-16,20H,3-4,7-8,10-11H2,1-2H3,(H,26,28). The predicted molar refractivity (Wildman–Crippen MR) is 114 cm³/mol. The van der Waals surface area contributed by atoms with E-state index in [0.29, 0.717) is 24.6 Å². The maximum Gasteiger partial charge on any atom is 0.224 e. The third kappa shape index (κ3) is 4.75. The van der Waals surface area contributed by atoms with E-state index in [0.717, 1.165) is 35.2 Å². The second kappa shape index (κ2) is 8.64. The van der Waals surface area contributed by atoms with Crippen molar-refractivity contribution in [1.82, 2.24) is 14.8 Å². The molecule has 1 amide bonds. The molecule has 0 atom stereocenters. The smallest absolute Gasteiger partial charge is 0.224 e. The molecule has 0 aliphatic heterocycles. The molecule has 1 fully saturated rings. The molecule has 0 saturated heterocycles. The monoisotopic (exact) mass is 392 g/mol. The molecule has 0 spiro atoms. The van der Waals surface area contributed by atoms with Crippen molar-refractivity contribution in [2.24, 2.45) is 0 Å². The van der Waals surface area contributed by atoms with Gasteiger partial charge in [0.2, 0.25) is 5.91 Å². The van der Waals surface area contributed by atoms with Crippen molar-refractivity contribution in [1.29, 1.82) is 0 Å². The number of nitrogens with one attached hydrogen (secondary N) is 1. The molecule has 0 radical (unpaired) electrons. The van der Waals surface area contributed by atoms with Gasteiger partial charge in [-0.2, -0.15) is 5.10 Å². The van der Waals surface area contributed by atoms with Crippen LogP contribution >= 0.6 is 0 Å². The Morgan fingerprint density at radius 1 is 1.24 bits per heavy atom. The van der Waals surface area contributed by atoms with Gasteiger partial charge in [0.1, 0.15) is 5.75 Å². The van der Waals surface area contributed by atoms with Gasteiger partial charge in [-0.3, -0.25) is 4.79 Å². The Morgan fingerprint density at radius 2 is 2.07 bits per heavy atom. The van der Waals surface area contributed by atoms with Gasteiger partial charge in [0.15, 0.2) is 5.65 Å².